The Morgan fingerprint density at radius 1 is 1.19 bits per heavy atom. The molecule has 94 valence electrons. The van der Waals surface area contributed by atoms with Crippen molar-refractivity contribution in [3.05, 3.63) is 12.2 Å². The number of hydrogen-bond donors (Lipinski definition) is 1. The topological polar surface area (TPSA) is 20.2 Å². The van der Waals surface area contributed by atoms with E-state index in [9.17, 15) is 9.50 Å². The van der Waals surface area contributed by atoms with Crippen molar-refractivity contribution in [2.45, 2.75) is 64.6 Å². The minimum Gasteiger partial charge on any atom is -0.393 e. The van der Waals surface area contributed by atoms with Crippen molar-refractivity contribution in [3.63, 3.8) is 0 Å². The van der Waals surface area contributed by atoms with E-state index in [-0.39, 0.29) is 11.8 Å². The number of aliphatic hydroxyl groups is 1. The molecule has 0 unspecified atom stereocenters. The largest absolute Gasteiger partial charge is 0.393 e. The summed E-state index contributed by atoms with van der Waals surface area (Å²) in [6.07, 6.45) is 8.56. The fourth-order valence-corrected chi connectivity index (χ4v) is 2.79. The Bertz CT molecular complexity index is 215. The molecule has 0 radical (unpaired) electrons. The third-order valence-electron chi connectivity index (χ3n) is 3.74. The zero-order chi connectivity index (χ0) is 12.0. The van der Waals surface area contributed by atoms with E-state index in [1.807, 2.05) is 6.92 Å². The molecule has 2 heteroatoms. The summed E-state index contributed by atoms with van der Waals surface area (Å²) in [5.41, 5.74) is 0. The molecule has 1 rings (SSSR count). The summed E-state index contributed by atoms with van der Waals surface area (Å²) >= 11 is 0. The Morgan fingerprint density at radius 3 is 2.50 bits per heavy atom. The molecule has 16 heavy (non-hydrogen) atoms. The van der Waals surface area contributed by atoms with Crippen LogP contribution >= 0.6 is 0 Å². The van der Waals surface area contributed by atoms with Gasteiger partial charge in [-0.15, -0.1) is 0 Å². The first kappa shape index (κ1) is 13.7. The lowest BCUT2D eigenvalue weighted by Crippen LogP contribution is -2.20. The van der Waals surface area contributed by atoms with E-state index in [0.717, 1.165) is 25.7 Å². The minimum absolute atomic E-state index is 0.0783. The average molecular weight is 228 g/mol. The summed E-state index contributed by atoms with van der Waals surface area (Å²) in [5.74, 6) is 0.251. The van der Waals surface area contributed by atoms with Crippen LogP contribution in [-0.4, -0.2) is 17.4 Å². The molecule has 0 aromatic heterocycles. The fraction of sp³-hybridized carbons (Fsp3) is 0.857. The monoisotopic (exact) mass is 228 g/mol. The van der Waals surface area contributed by atoms with Crippen molar-refractivity contribution in [1.29, 1.82) is 0 Å². The van der Waals surface area contributed by atoms with Crippen LogP contribution in [0.5, 0.6) is 0 Å². The molecule has 0 amide bonds. The van der Waals surface area contributed by atoms with Gasteiger partial charge in [-0.2, -0.15) is 0 Å². The summed E-state index contributed by atoms with van der Waals surface area (Å²) in [6.45, 7) is 4.18. The molecule has 0 aromatic carbocycles. The standard InChI is InChI=1S/C14H25FO/c1-3-5-6-7-8-9-12-11(4-2)13(15)10-14(12)16/h6-7,11-14,16H,3-5,8-10H2,1-2H3/b7-6-/t11-,12-,13+,14+/m1/s1. The van der Waals surface area contributed by atoms with Gasteiger partial charge in [0.15, 0.2) is 0 Å². The van der Waals surface area contributed by atoms with E-state index in [0.29, 0.717) is 6.42 Å². The van der Waals surface area contributed by atoms with Gasteiger partial charge in [0.25, 0.3) is 0 Å². The second kappa shape index (κ2) is 7.05. The van der Waals surface area contributed by atoms with Crippen LogP contribution in [0.15, 0.2) is 12.2 Å². The maximum atomic E-state index is 13.5. The van der Waals surface area contributed by atoms with Gasteiger partial charge in [0.1, 0.15) is 6.17 Å². The third kappa shape index (κ3) is 3.58. The smallest absolute Gasteiger partial charge is 0.106 e. The van der Waals surface area contributed by atoms with Gasteiger partial charge < -0.3 is 5.11 Å². The predicted octanol–water partition coefficient (Wildman–Crippen LogP) is 3.87. The lowest BCUT2D eigenvalue weighted by Gasteiger charge is -2.20. The summed E-state index contributed by atoms with van der Waals surface area (Å²) in [5, 5.41) is 9.80. The first-order chi connectivity index (χ1) is 7.70. The zero-order valence-corrected chi connectivity index (χ0v) is 10.5. The highest BCUT2D eigenvalue weighted by atomic mass is 19.1. The van der Waals surface area contributed by atoms with E-state index >= 15 is 0 Å². The summed E-state index contributed by atoms with van der Waals surface area (Å²) in [7, 11) is 0. The van der Waals surface area contributed by atoms with E-state index in [1.54, 1.807) is 0 Å². The SMILES string of the molecule is CCC/C=C\CC[C@@H]1[C@@H](CC)[C@@H](F)C[C@@H]1O. The fourth-order valence-electron chi connectivity index (χ4n) is 2.79. The van der Waals surface area contributed by atoms with Crippen LogP contribution in [0.2, 0.25) is 0 Å². The minimum atomic E-state index is -0.787. The molecule has 4 atom stereocenters. The van der Waals surface area contributed by atoms with E-state index in [4.69, 9.17) is 0 Å². The molecule has 1 N–H and O–H groups in total. The Labute approximate surface area is 98.7 Å². The normalized spacial score (nSPS) is 35.0. The van der Waals surface area contributed by atoms with Gasteiger partial charge in [-0.3, -0.25) is 0 Å². The van der Waals surface area contributed by atoms with Gasteiger partial charge in [0.05, 0.1) is 6.10 Å². The maximum Gasteiger partial charge on any atom is 0.106 e. The number of allylic oxidation sites excluding steroid dienone is 2. The number of alkyl halides is 1. The molecular formula is C14H25FO. The Morgan fingerprint density at radius 2 is 1.88 bits per heavy atom. The molecular weight excluding hydrogens is 203 g/mol. The van der Waals surface area contributed by atoms with Crippen molar-refractivity contribution >= 4 is 0 Å². The van der Waals surface area contributed by atoms with Gasteiger partial charge >= 0.3 is 0 Å². The van der Waals surface area contributed by atoms with Crippen molar-refractivity contribution in [1.82, 2.24) is 0 Å². The van der Waals surface area contributed by atoms with Gasteiger partial charge in [-0.1, -0.05) is 38.8 Å². The van der Waals surface area contributed by atoms with Gasteiger partial charge in [0.2, 0.25) is 0 Å². The highest BCUT2D eigenvalue weighted by Gasteiger charge is 2.40. The lowest BCUT2D eigenvalue weighted by atomic mass is 9.88. The van der Waals surface area contributed by atoms with Crippen molar-refractivity contribution < 1.29 is 9.50 Å². The highest BCUT2D eigenvalue weighted by molar-refractivity contribution is 4.92. The van der Waals surface area contributed by atoms with Crippen LogP contribution in [0.3, 0.4) is 0 Å². The second-order valence-electron chi connectivity index (χ2n) is 4.89. The molecule has 0 bridgehead atoms. The second-order valence-corrected chi connectivity index (χ2v) is 4.89. The molecule has 1 nitrogen and oxygen atoms in total. The van der Waals surface area contributed by atoms with Crippen LogP contribution < -0.4 is 0 Å². The molecule has 1 fully saturated rings. The molecule has 0 saturated heterocycles. The zero-order valence-electron chi connectivity index (χ0n) is 10.5. The van der Waals surface area contributed by atoms with Gasteiger partial charge in [-0.05, 0) is 31.1 Å². The number of hydrogen-bond acceptors (Lipinski definition) is 1. The summed E-state index contributed by atoms with van der Waals surface area (Å²) in [6, 6.07) is 0. The van der Waals surface area contributed by atoms with Crippen molar-refractivity contribution in [2.75, 3.05) is 0 Å². The van der Waals surface area contributed by atoms with Crippen molar-refractivity contribution in [2.24, 2.45) is 11.8 Å². The molecule has 1 aliphatic rings. The molecule has 0 heterocycles. The number of unbranched alkanes of at least 4 members (excludes halogenated alkanes) is 1. The quantitative estimate of drug-likeness (QED) is 0.684. The van der Waals surface area contributed by atoms with E-state index in [2.05, 4.69) is 19.1 Å². The van der Waals surface area contributed by atoms with Crippen LogP contribution in [0, 0.1) is 11.8 Å². The highest BCUT2D eigenvalue weighted by Crippen LogP contribution is 2.39. The van der Waals surface area contributed by atoms with Crippen LogP contribution in [0.4, 0.5) is 4.39 Å². The first-order valence-corrected chi connectivity index (χ1v) is 6.67. The average Bonchev–Trinajstić information content (AvgIpc) is 2.53. The van der Waals surface area contributed by atoms with Gasteiger partial charge in [0, 0.05) is 6.42 Å². The van der Waals surface area contributed by atoms with E-state index < -0.39 is 12.3 Å². The molecule has 0 aliphatic heterocycles. The molecule has 0 aromatic rings. The predicted molar refractivity (Wildman–Crippen MR) is 66.1 cm³/mol. The van der Waals surface area contributed by atoms with E-state index in [1.165, 1.54) is 6.42 Å². The summed E-state index contributed by atoms with van der Waals surface area (Å²) in [4.78, 5) is 0. The summed E-state index contributed by atoms with van der Waals surface area (Å²) < 4.78 is 13.5. The Balaban J connectivity index is 2.34. The molecule has 1 saturated carbocycles. The number of rotatable bonds is 6. The third-order valence-corrected chi connectivity index (χ3v) is 3.74. The van der Waals surface area contributed by atoms with Crippen LogP contribution in [0.25, 0.3) is 0 Å². The first-order valence-electron chi connectivity index (χ1n) is 6.67. The Hall–Kier alpha value is -0.370. The van der Waals surface area contributed by atoms with Crippen LogP contribution in [0.1, 0.15) is 52.4 Å². The van der Waals surface area contributed by atoms with Crippen molar-refractivity contribution in [3.8, 4) is 0 Å². The maximum absolute atomic E-state index is 13.5. The molecule has 1 aliphatic carbocycles. The van der Waals surface area contributed by atoms with Gasteiger partial charge in [-0.25, -0.2) is 4.39 Å². The lowest BCUT2D eigenvalue weighted by molar-refractivity contribution is 0.111. The molecule has 0 spiro atoms. The number of halogens is 1. The Kier molecular flexibility index (Phi) is 6.04. The number of aliphatic hydroxyl groups excluding tert-OH is 1. The van der Waals surface area contributed by atoms with Crippen LogP contribution in [-0.2, 0) is 0 Å².